The Hall–Kier alpha value is -2.99. The summed E-state index contributed by atoms with van der Waals surface area (Å²) in [5.41, 5.74) is 6.10. The zero-order chi connectivity index (χ0) is 18.1. The van der Waals surface area contributed by atoms with Crippen LogP contribution in [0.25, 0.3) is 11.0 Å². The highest BCUT2D eigenvalue weighted by molar-refractivity contribution is 5.90. The van der Waals surface area contributed by atoms with Gasteiger partial charge in [0.25, 0.3) is 0 Å². The van der Waals surface area contributed by atoms with Crippen LogP contribution in [0, 0.1) is 0 Å². The number of H-pyrrole nitrogens is 1. The summed E-state index contributed by atoms with van der Waals surface area (Å²) < 4.78 is 5.84. The van der Waals surface area contributed by atoms with Crippen molar-refractivity contribution in [3.8, 4) is 5.75 Å². The van der Waals surface area contributed by atoms with Crippen molar-refractivity contribution in [3.63, 3.8) is 0 Å². The van der Waals surface area contributed by atoms with Crippen LogP contribution in [0.4, 0.5) is 5.69 Å². The smallest absolute Gasteiger partial charge is 0.181 e. The molecule has 26 heavy (non-hydrogen) atoms. The Bertz CT molecular complexity index is 938. The molecule has 2 aromatic heterocycles. The zero-order valence-electron chi connectivity index (χ0n) is 15.1. The average Bonchev–Trinajstić information content (AvgIpc) is 3.28. The van der Waals surface area contributed by atoms with Crippen LogP contribution >= 0.6 is 0 Å². The van der Waals surface area contributed by atoms with E-state index in [4.69, 9.17) is 9.57 Å². The fourth-order valence-electron chi connectivity index (χ4n) is 2.85. The van der Waals surface area contributed by atoms with Crippen LogP contribution in [0.15, 0.2) is 60.8 Å². The predicted molar refractivity (Wildman–Crippen MR) is 102 cm³/mol. The molecule has 0 aliphatic carbocycles. The number of ether oxygens (including phenoxy) is 1. The second kappa shape index (κ2) is 6.38. The number of nitrogens with zero attached hydrogens (tertiary/aromatic N) is 2. The number of benzene rings is 1. The van der Waals surface area contributed by atoms with Crippen LogP contribution in [-0.4, -0.2) is 16.6 Å². The normalized spacial score (nSPS) is 14.4. The number of rotatable bonds is 4. The minimum atomic E-state index is 0.133. The highest BCUT2D eigenvalue weighted by atomic mass is 16.7. The van der Waals surface area contributed by atoms with Crippen molar-refractivity contribution in [1.29, 1.82) is 0 Å². The van der Waals surface area contributed by atoms with E-state index in [0.717, 1.165) is 22.5 Å². The quantitative estimate of drug-likeness (QED) is 0.744. The topological polar surface area (TPSA) is 62.4 Å². The van der Waals surface area contributed by atoms with Crippen molar-refractivity contribution in [2.24, 2.45) is 0 Å². The molecule has 0 spiro atoms. The lowest BCUT2D eigenvalue weighted by Gasteiger charge is -2.19. The maximum atomic E-state index is 5.84. The van der Waals surface area contributed by atoms with Gasteiger partial charge in [-0.15, -0.1) is 0 Å². The molecule has 134 valence electrons. The molecule has 0 atom stereocenters. The highest BCUT2D eigenvalue weighted by Gasteiger charge is 2.18. The second-order valence-electron chi connectivity index (χ2n) is 7.29. The molecule has 6 nitrogen and oxygen atoms in total. The van der Waals surface area contributed by atoms with Crippen molar-refractivity contribution in [2.45, 2.75) is 26.2 Å². The van der Waals surface area contributed by atoms with Crippen molar-refractivity contribution < 1.29 is 9.57 Å². The van der Waals surface area contributed by atoms with Gasteiger partial charge in [0.1, 0.15) is 18.0 Å². The van der Waals surface area contributed by atoms with Crippen LogP contribution < -0.4 is 15.3 Å². The minimum Gasteiger partial charge on any atom is -0.486 e. The van der Waals surface area contributed by atoms with E-state index < -0.39 is 0 Å². The Labute approximate surface area is 152 Å². The zero-order valence-corrected chi connectivity index (χ0v) is 15.1. The molecule has 0 unspecified atom stereocenters. The third-order valence-corrected chi connectivity index (χ3v) is 4.35. The molecule has 1 aromatic carbocycles. The molecular weight excluding hydrogens is 328 g/mol. The summed E-state index contributed by atoms with van der Waals surface area (Å²) in [6.07, 6.45) is 5.51. The molecule has 3 heterocycles. The first-order valence-electron chi connectivity index (χ1n) is 8.58. The number of aromatic nitrogens is 2. The van der Waals surface area contributed by atoms with Crippen LogP contribution in [-0.2, 0) is 10.3 Å². The number of hydrogen-bond acceptors (Lipinski definition) is 5. The number of hydrogen-bond donors (Lipinski definition) is 2. The van der Waals surface area contributed by atoms with Gasteiger partial charge in [0.15, 0.2) is 5.76 Å². The molecule has 1 aliphatic heterocycles. The molecule has 4 rings (SSSR count). The molecule has 6 heteroatoms. The number of aromatic amines is 1. The van der Waals surface area contributed by atoms with Crippen molar-refractivity contribution in [2.75, 3.05) is 11.6 Å². The van der Waals surface area contributed by atoms with E-state index in [2.05, 4.69) is 48.5 Å². The SMILES string of the molecule is CC(C)(C)c1ccc(OCC2=CN(c3ccnc4[nH]ccc34)NO2)cc1. The summed E-state index contributed by atoms with van der Waals surface area (Å²) in [5, 5.41) is 2.83. The largest absolute Gasteiger partial charge is 0.486 e. The van der Waals surface area contributed by atoms with Crippen molar-refractivity contribution in [1.82, 2.24) is 15.6 Å². The monoisotopic (exact) mass is 350 g/mol. The third-order valence-electron chi connectivity index (χ3n) is 4.35. The van der Waals surface area contributed by atoms with E-state index in [-0.39, 0.29) is 5.41 Å². The third kappa shape index (κ3) is 3.23. The van der Waals surface area contributed by atoms with Gasteiger partial charge in [0.2, 0.25) is 0 Å². The van der Waals surface area contributed by atoms with Crippen LogP contribution in [0.2, 0.25) is 0 Å². The summed E-state index contributed by atoms with van der Waals surface area (Å²) in [6, 6.07) is 12.1. The van der Waals surface area contributed by atoms with Gasteiger partial charge in [-0.25, -0.2) is 9.99 Å². The number of hydrazine groups is 1. The second-order valence-corrected chi connectivity index (χ2v) is 7.29. The highest BCUT2D eigenvalue weighted by Crippen LogP contribution is 2.27. The first-order valence-corrected chi connectivity index (χ1v) is 8.58. The molecule has 0 saturated carbocycles. The number of pyridine rings is 1. The standard InChI is InChI=1S/C20H22N4O2/c1-20(2,3)14-4-6-15(7-5-14)25-13-16-12-24(23-26-16)18-9-11-22-19-17(18)8-10-21-19/h4-12,23H,13H2,1-3H3,(H,21,22). The molecule has 0 radical (unpaired) electrons. The lowest BCUT2D eigenvalue weighted by molar-refractivity contribution is 0.107. The van der Waals surface area contributed by atoms with Gasteiger partial charge in [-0.1, -0.05) is 38.5 Å². The van der Waals surface area contributed by atoms with Crippen LogP contribution in [0.3, 0.4) is 0 Å². The maximum Gasteiger partial charge on any atom is 0.181 e. The van der Waals surface area contributed by atoms with E-state index in [0.29, 0.717) is 12.4 Å². The average molecular weight is 350 g/mol. The number of fused-ring (bicyclic) bond motifs is 1. The minimum absolute atomic E-state index is 0.133. The first kappa shape index (κ1) is 16.5. The van der Waals surface area contributed by atoms with E-state index >= 15 is 0 Å². The van der Waals surface area contributed by atoms with Gasteiger partial charge in [-0.2, -0.15) is 0 Å². The molecule has 0 amide bonds. The number of nitrogens with one attached hydrogen (secondary N) is 2. The molecule has 2 N–H and O–H groups in total. The van der Waals surface area contributed by atoms with E-state index in [1.807, 2.05) is 41.7 Å². The van der Waals surface area contributed by atoms with Gasteiger partial charge < -0.3 is 14.6 Å². The Morgan fingerprint density at radius 3 is 2.69 bits per heavy atom. The Balaban J connectivity index is 1.43. The maximum absolute atomic E-state index is 5.84. The van der Waals surface area contributed by atoms with E-state index in [1.165, 1.54) is 5.56 Å². The van der Waals surface area contributed by atoms with Gasteiger partial charge in [0, 0.05) is 17.8 Å². The Kier molecular flexibility index (Phi) is 4.05. The molecule has 0 bridgehead atoms. The molecule has 0 fully saturated rings. The Morgan fingerprint density at radius 2 is 1.92 bits per heavy atom. The summed E-state index contributed by atoms with van der Waals surface area (Å²) >= 11 is 0. The Morgan fingerprint density at radius 1 is 1.12 bits per heavy atom. The van der Waals surface area contributed by atoms with Crippen LogP contribution in [0.5, 0.6) is 5.75 Å². The van der Waals surface area contributed by atoms with E-state index in [1.54, 1.807) is 6.20 Å². The number of anilines is 1. The summed E-state index contributed by atoms with van der Waals surface area (Å²) in [7, 11) is 0. The molecule has 3 aromatic rings. The predicted octanol–water partition coefficient (Wildman–Crippen LogP) is 4.04. The van der Waals surface area contributed by atoms with Gasteiger partial charge in [-0.05, 0) is 35.2 Å². The summed E-state index contributed by atoms with van der Waals surface area (Å²) in [6.45, 7) is 6.93. The van der Waals surface area contributed by atoms with Gasteiger partial charge >= 0.3 is 0 Å². The van der Waals surface area contributed by atoms with Crippen molar-refractivity contribution in [3.05, 3.63) is 66.3 Å². The van der Waals surface area contributed by atoms with Crippen LogP contribution in [0.1, 0.15) is 26.3 Å². The van der Waals surface area contributed by atoms with Gasteiger partial charge in [-0.3, -0.25) is 0 Å². The summed E-state index contributed by atoms with van der Waals surface area (Å²) in [4.78, 5) is 12.9. The lowest BCUT2D eigenvalue weighted by Crippen LogP contribution is -2.27. The van der Waals surface area contributed by atoms with E-state index in [9.17, 15) is 0 Å². The molecular formula is C20H22N4O2. The molecule has 0 saturated heterocycles. The lowest BCUT2D eigenvalue weighted by atomic mass is 9.87. The fourth-order valence-corrected chi connectivity index (χ4v) is 2.85. The summed E-state index contributed by atoms with van der Waals surface area (Å²) in [5.74, 6) is 1.52. The first-order chi connectivity index (χ1) is 12.5. The molecule has 1 aliphatic rings. The fraction of sp³-hybridized carbons (Fsp3) is 0.250. The van der Waals surface area contributed by atoms with Gasteiger partial charge in [0.05, 0.1) is 11.9 Å². The van der Waals surface area contributed by atoms with Crippen molar-refractivity contribution >= 4 is 16.7 Å².